The van der Waals surface area contributed by atoms with Gasteiger partial charge in [0.05, 0.1) is 17.6 Å². The largest absolute Gasteiger partial charge is 0.349 e. The Hall–Kier alpha value is -1.81. The fourth-order valence-corrected chi connectivity index (χ4v) is 2.44. The van der Waals surface area contributed by atoms with E-state index in [-0.39, 0.29) is 11.8 Å². The summed E-state index contributed by atoms with van der Waals surface area (Å²) in [5.74, 6) is 0.916. The Labute approximate surface area is 115 Å². The summed E-state index contributed by atoms with van der Waals surface area (Å²) in [6.07, 6.45) is 5.77. The summed E-state index contributed by atoms with van der Waals surface area (Å²) in [7, 11) is 0. The van der Waals surface area contributed by atoms with E-state index in [9.17, 15) is 4.79 Å². The molecule has 3 rings (SSSR count). The molecule has 0 radical (unpaired) electrons. The summed E-state index contributed by atoms with van der Waals surface area (Å²) in [4.78, 5) is 19.4. The maximum Gasteiger partial charge on any atom is 0.224 e. The van der Waals surface area contributed by atoms with Crippen LogP contribution in [0.3, 0.4) is 0 Å². The SMILES string of the molecule is O=C(NCc1nc2ccc(Cl)cc2[nH]1)C1CC=CC1. The molecule has 2 N–H and O–H groups in total. The summed E-state index contributed by atoms with van der Waals surface area (Å²) in [6, 6.07) is 5.49. The number of amides is 1. The highest BCUT2D eigenvalue weighted by atomic mass is 35.5. The molecule has 0 aliphatic heterocycles. The van der Waals surface area contributed by atoms with Gasteiger partial charge in [0.2, 0.25) is 5.91 Å². The Morgan fingerprint density at radius 3 is 3.00 bits per heavy atom. The maximum absolute atomic E-state index is 11.9. The second-order valence-electron chi connectivity index (χ2n) is 4.70. The molecular formula is C14H14ClN3O. The molecule has 1 aromatic carbocycles. The fraction of sp³-hybridized carbons (Fsp3) is 0.286. The number of aromatic nitrogens is 2. The first kappa shape index (κ1) is 12.2. The van der Waals surface area contributed by atoms with Crippen molar-refractivity contribution in [2.75, 3.05) is 0 Å². The quantitative estimate of drug-likeness (QED) is 0.846. The number of imidazole rings is 1. The molecule has 2 aromatic rings. The van der Waals surface area contributed by atoms with Gasteiger partial charge in [0, 0.05) is 10.9 Å². The van der Waals surface area contributed by atoms with Gasteiger partial charge in [-0.05, 0) is 31.0 Å². The normalized spacial score (nSPS) is 15.2. The highest BCUT2D eigenvalue weighted by Gasteiger charge is 2.18. The van der Waals surface area contributed by atoms with E-state index in [0.29, 0.717) is 11.6 Å². The fourth-order valence-electron chi connectivity index (χ4n) is 2.26. The van der Waals surface area contributed by atoms with Crippen molar-refractivity contribution in [3.05, 3.63) is 41.2 Å². The van der Waals surface area contributed by atoms with Gasteiger partial charge in [0.15, 0.2) is 0 Å². The second kappa shape index (κ2) is 5.05. The molecule has 4 nitrogen and oxygen atoms in total. The predicted molar refractivity (Wildman–Crippen MR) is 74.8 cm³/mol. The number of nitrogens with zero attached hydrogens (tertiary/aromatic N) is 1. The van der Waals surface area contributed by atoms with E-state index >= 15 is 0 Å². The minimum Gasteiger partial charge on any atom is -0.349 e. The number of H-pyrrole nitrogens is 1. The molecule has 98 valence electrons. The van der Waals surface area contributed by atoms with E-state index in [1.807, 2.05) is 24.3 Å². The van der Waals surface area contributed by atoms with Crippen LogP contribution in [0.1, 0.15) is 18.7 Å². The van der Waals surface area contributed by atoms with Crippen LogP contribution in [0.15, 0.2) is 30.4 Å². The van der Waals surface area contributed by atoms with Crippen LogP contribution in [-0.2, 0) is 11.3 Å². The molecule has 0 spiro atoms. The number of nitrogens with one attached hydrogen (secondary N) is 2. The van der Waals surface area contributed by atoms with Crippen LogP contribution in [0.2, 0.25) is 5.02 Å². The number of rotatable bonds is 3. The molecule has 1 aromatic heterocycles. The standard InChI is InChI=1S/C14H14ClN3O/c15-10-5-6-11-12(7-10)18-13(17-11)8-16-14(19)9-3-1-2-4-9/h1-2,5-7,9H,3-4,8H2,(H,16,19)(H,17,18). The van der Waals surface area contributed by atoms with Crippen LogP contribution in [-0.4, -0.2) is 15.9 Å². The minimum atomic E-state index is 0.0822. The number of benzene rings is 1. The lowest BCUT2D eigenvalue weighted by atomic mass is 10.1. The van der Waals surface area contributed by atoms with Crippen molar-refractivity contribution in [2.45, 2.75) is 19.4 Å². The third-order valence-corrected chi connectivity index (χ3v) is 3.54. The molecule has 1 heterocycles. The van der Waals surface area contributed by atoms with E-state index < -0.39 is 0 Å². The molecular weight excluding hydrogens is 262 g/mol. The summed E-state index contributed by atoms with van der Waals surface area (Å²) in [5.41, 5.74) is 1.75. The molecule has 1 amide bonds. The lowest BCUT2D eigenvalue weighted by molar-refractivity contribution is -0.124. The Morgan fingerprint density at radius 1 is 1.42 bits per heavy atom. The van der Waals surface area contributed by atoms with Crippen molar-refractivity contribution in [3.63, 3.8) is 0 Å². The van der Waals surface area contributed by atoms with Gasteiger partial charge in [-0.2, -0.15) is 0 Å². The van der Waals surface area contributed by atoms with Gasteiger partial charge in [-0.1, -0.05) is 23.8 Å². The number of hydrogen-bond acceptors (Lipinski definition) is 2. The summed E-state index contributed by atoms with van der Waals surface area (Å²) in [6.45, 7) is 0.418. The van der Waals surface area contributed by atoms with E-state index in [1.165, 1.54) is 0 Å². The second-order valence-corrected chi connectivity index (χ2v) is 5.14. The van der Waals surface area contributed by atoms with Gasteiger partial charge in [0.1, 0.15) is 5.82 Å². The number of hydrogen-bond donors (Lipinski definition) is 2. The van der Waals surface area contributed by atoms with Gasteiger partial charge in [-0.15, -0.1) is 0 Å². The van der Waals surface area contributed by atoms with Crippen molar-refractivity contribution < 1.29 is 4.79 Å². The van der Waals surface area contributed by atoms with Crippen LogP contribution in [0.4, 0.5) is 0 Å². The molecule has 0 saturated heterocycles. The van der Waals surface area contributed by atoms with E-state index in [0.717, 1.165) is 29.7 Å². The smallest absolute Gasteiger partial charge is 0.224 e. The third kappa shape index (κ3) is 2.63. The van der Waals surface area contributed by atoms with Crippen LogP contribution >= 0.6 is 11.6 Å². The monoisotopic (exact) mass is 275 g/mol. The van der Waals surface area contributed by atoms with E-state index in [1.54, 1.807) is 6.07 Å². The Morgan fingerprint density at radius 2 is 2.21 bits per heavy atom. The van der Waals surface area contributed by atoms with Gasteiger partial charge >= 0.3 is 0 Å². The molecule has 0 unspecified atom stereocenters. The van der Waals surface area contributed by atoms with Crippen molar-refractivity contribution >= 4 is 28.5 Å². The van der Waals surface area contributed by atoms with Gasteiger partial charge < -0.3 is 10.3 Å². The minimum absolute atomic E-state index is 0.0822. The molecule has 0 atom stereocenters. The summed E-state index contributed by atoms with van der Waals surface area (Å²) < 4.78 is 0. The highest BCUT2D eigenvalue weighted by Crippen LogP contribution is 2.19. The molecule has 0 saturated carbocycles. The number of aromatic amines is 1. The van der Waals surface area contributed by atoms with Crippen LogP contribution in [0, 0.1) is 5.92 Å². The van der Waals surface area contributed by atoms with E-state index in [4.69, 9.17) is 11.6 Å². The molecule has 0 bridgehead atoms. The highest BCUT2D eigenvalue weighted by molar-refractivity contribution is 6.31. The van der Waals surface area contributed by atoms with Crippen molar-refractivity contribution in [2.24, 2.45) is 5.92 Å². The third-order valence-electron chi connectivity index (χ3n) is 3.30. The molecule has 1 aliphatic carbocycles. The Kier molecular flexibility index (Phi) is 3.25. The first-order chi connectivity index (χ1) is 9.22. The van der Waals surface area contributed by atoms with Gasteiger partial charge in [-0.3, -0.25) is 4.79 Å². The molecule has 0 fully saturated rings. The number of halogens is 1. The summed E-state index contributed by atoms with van der Waals surface area (Å²) in [5, 5.41) is 3.58. The zero-order valence-corrected chi connectivity index (χ0v) is 11.1. The molecule has 19 heavy (non-hydrogen) atoms. The van der Waals surface area contributed by atoms with E-state index in [2.05, 4.69) is 15.3 Å². The number of allylic oxidation sites excluding steroid dienone is 2. The topological polar surface area (TPSA) is 57.8 Å². The Bertz CT molecular complexity index is 639. The van der Waals surface area contributed by atoms with Crippen LogP contribution in [0.5, 0.6) is 0 Å². The predicted octanol–water partition coefficient (Wildman–Crippen LogP) is 2.80. The zero-order valence-electron chi connectivity index (χ0n) is 10.3. The number of fused-ring (bicyclic) bond motifs is 1. The van der Waals surface area contributed by atoms with Gasteiger partial charge in [-0.25, -0.2) is 4.98 Å². The number of carbonyl (C=O) groups excluding carboxylic acids is 1. The van der Waals surface area contributed by atoms with Crippen molar-refractivity contribution in [3.8, 4) is 0 Å². The van der Waals surface area contributed by atoms with Crippen molar-refractivity contribution in [1.29, 1.82) is 0 Å². The first-order valence-electron chi connectivity index (χ1n) is 6.29. The first-order valence-corrected chi connectivity index (χ1v) is 6.67. The van der Waals surface area contributed by atoms with Crippen LogP contribution in [0.25, 0.3) is 11.0 Å². The van der Waals surface area contributed by atoms with Gasteiger partial charge in [0.25, 0.3) is 0 Å². The number of carbonyl (C=O) groups is 1. The van der Waals surface area contributed by atoms with Crippen LogP contribution < -0.4 is 5.32 Å². The Balaban J connectivity index is 1.66. The zero-order chi connectivity index (χ0) is 13.2. The molecule has 1 aliphatic rings. The lowest BCUT2D eigenvalue weighted by Gasteiger charge is -2.08. The summed E-state index contributed by atoms with van der Waals surface area (Å²) >= 11 is 5.92. The average molecular weight is 276 g/mol. The molecule has 5 heteroatoms. The average Bonchev–Trinajstić information content (AvgIpc) is 3.04. The van der Waals surface area contributed by atoms with Crippen molar-refractivity contribution in [1.82, 2.24) is 15.3 Å². The lowest BCUT2D eigenvalue weighted by Crippen LogP contribution is -2.29. The maximum atomic E-state index is 11.9.